The molecular weight excluding hydrogens is 398 g/mol. The number of carbonyl (C=O) groups excluding carboxylic acids is 1. The molecule has 3 rings (SSSR count). The van der Waals surface area contributed by atoms with Crippen LogP contribution in [0.3, 0.4) is 0 Å². The fourth-order valence-electron chi connectivity index (χ4n) is 3.42. The van der Waals surface area contributed by atoms with Crippen molar-refractivity contribution < 1.29 is 13.2 Å². The Morgan fingerprint density at radius 3 is 2.17 bits per heavy atom. The number of hydrogen-bond donors (Lipinski definition) is 2. The van der Waals surface area contributed by atoms with Crippen molar-refractivity contribution in [2.45, 2.75) is 51.3 Å². The number of carbonyl (C=O) groups is 1. The van der Waals surface area contributed by atoms with Crippen molar-refractivity contribution in [1.82, 2.24) is 9.71 Å². The molecular formula is C23H27N3O3S. The number of hydrogen-bond acceptors (Lipinski definition) is 4. The largest absolute Gasteiger partial charge is 0.333 e. The van der Waals surface area contributed by atoms with E-state index in [0.29, 0.717) is 16.6 Å². The van der Waals surface area contributed by atoms with E-state index in [1.54, 1.807) is 18.2 Å². The van der Waals surface area contributed by atoms with Crippen molar-refractivity contribution >= 4 is 32.6 Å². The van der Waals surface area contributed by atoms with Crippen LogP contribution in [0.15, 0.2) is 53.6 Å². The maximum Gasteiger partial charge on any atom is 0.333 e. The first-order valence-corrected chi connectivity index (χ1v) is 11.4. The molecule has 30 heavy (non-hydrogen) atoms. The lowest BCUT2D eigenvalue weighted by Crippen LogP contribution is -2.35. The minimum atomic E-state index is -4.07. The van der Waals surface area contributed by atoms with Crippen LogP contribution in [-0.2, 0) is 10.0 Å². The molecule has 1 heterocycles. The zero-order chi connectivity index (χ0) is 22.1. The summed E-state index contributed by atoms with van der Waals surface area (Å²) in [5, 5.41) is 3.47. The van der Waals surface area contributed by atoms with Gasteiger partial charge in [-0.2, -0.15) is 0 Å². The molecule has 158 valence electrons. The molecule has 0 radical (unpaired) electrons. The van der Waals surface area contributed by atoms with Crippen LogP contribution in [0.1, 0.15) is 56.2 Å². The van der Waals surface area contributed by atoms with E-state index in [1.807, 2.05) is 52.8 Å². The highest BCUT2D eigenvalue weighted by atomic mass is 32.2. The quantitative estimate of drug-likeness (QED) is 0.580. The number of aryl methyl sites for hydroxylation is 1. The van der Waals surface area contributed by atoms with Crippen LogP contribution >= 0.6 is 0 Å². The van der Waals surface area contributed by atoms with Crippen LogP contribution in [0.4, 0.5) is 10.5 Å². The van der Waals surface area contributed by atoms with E-state index in [9.17, 15) is 13.2 Å². The molecule has 0 aliphatic carbocycles. The second-order valence-corrected chi connectivity index (χ2v) is 9.73. The third-order valence-electron chi connectivity index (χ3n) is 4.93. The van der Waals surface area contributed by atoms with Gasteiger partial charge in [-0.15, -0.1) is 0 Å². The Kier molecular flexibility index (Phi) is 6.12. The number of para-hydroxylation sites is 1. The molecule has 6 nitrogen and oxygen atoms in total. The van der Waals surface area contributed by atoms with Gasteiger partial charge in [0.2, 0.25) is 0 Å². The van der Waals surface area contributed by atoms with Crippen LogP contribution in [0.2, 0.25) is 0 Å². The zero-order valence-electron chi connectivity index (χ0n) is 17.9. The maximum atomic E-state index is 12.8. The number of fused-ring (bicyclic) bond motifs is 1. The van der Waals surface area contributed by atoms with Gasteiger partial charge in [0.1, 0.15) is 4.90 Å². The van der Waals surface area contributed by atoms with Gasteiger partial charge < -0.3 is 5.32 Å². The van der Waals surface area contributed by atoms with Gasteiger partial charge in [0, 0.05) is 17.3 Å². The molecule has 0 atom stereocenters. The van der Waals surface area contributed by atoms with E-state index in [0.717, 1.165) is 16.7 Å². The Hall–Kier alpha value is -2.93. The third kappa shape index (κ3) is 4.62. The molecule has 3 aromatic rings. The van der Waals surface area contributed by atoms with Crippen molar-refractivity contribution in [3.05, 3.63) is 65.4 Å². The first-order chi connectivity index (χ1) is 14.1. The number of benzene rings is 2. The molecule has 0 aliphatic heterocycles. The summed E-state index contributed by atoms with van der Waals surface area (Å²) < 4.78 is 27.6. The predicted octanol–water partition coefficient (Wildman–Crippen LogP) is 5.30. The minimum absolute atomic E-state index is 0.0616. The number of nitrogens with one attached hydrogen (secondary N) is 2. The van der Waals surface area contributed by atoms with Crippen LogP contribution < -0.4 is 10.0 Å². The summed E-state index contributed by atoms with van der Waals surface area (Å²) >= 11 is 0. The van der Waals surface area contributed by atoms with Gasteiger partial charge in [0.05, 0.1) is 5.52 Å². The van der Waals surface area contributed by atoms with E-state index in [1.165, 1.54) is 12.3 Å². The summed E-state index contributed by atoms with van der Waals surface area (Å²) in [5.74, 6) is 0.331. The lowest BCUT2D eigenvalue weighted by atomic mass is 9.90. The monoisotopic (exact) mass is 425 g/mol. The maximum absolute atomic E-state index is 12.8. The van der Waals surface area contributed by atoms with Gasteiger partial charge >= 0.3 is 6.03 Å². The van der Waals surface area contributed by atoms with Crippen LogP contribution in [0.25, 0.3) is 10.9 Å². The van der Waals surface area contributed by atoms with E-state index < -0.39 is 16.1 Å². The molecule has 2 N–H and O–H groups in total. The molecule has 0 unspecified atom stereocenters. The number of aromatic nitrogens is 1. The SMILES string of the molecule is Cc1cc(C(C)C)c(NC(=O)NS(=O)(=O)c2cnc3ccccc3c2)c(C(C)C)c1. The van der Waals surface area contributed by atoms with Crippen LogP contribution in [0.5, 0.6) is 0 Å². The number of nitrogens with zero attached hydrogens (tertiary/aromatic N) is 1. The van der Waals surface area contributed by atoms with E-state index >= 15 is 0 Å². The Morgan fingerprint density at radius 1 is 0.967 bits per heavy atom. The zero-order valence-corrected chi connectivity index (χ0v) is 18.7. The Bertz CT molecular complexity index is 1170. The lowest BCUT2D eigenvalue weighted by molar-refractivity contribution is 0.256. The van der Waals surface area contributed by atoms with E-state index in [-0.39, 0.29) is 16.7 Å². The van der Waals surface area contributed by atoms with Crippen molar-refractivity contribution in [1.29, 1.82) is 0 Å². The van der Waals surface area contributed by atoms with E-state index in [4.69, 9.17) is 0 Å². The molecule has 0 saturated heterocycles. The smallest absolute Gasteiger partial charge is 0.307 e. The Morgan fingerprint density at radius 2 is 1.57 bits per heavy atom. The number of amides is 2. The number of pyridine rings is 1. The summed E-state index contributed by atoms with van der Waals surface area (Å²) in [7, 11) is -4.07. The highest BCUT2D eigenvalue weighted by Crippen LogP contribution is 2.33. The number of urea groups is 1. The summed E-state index contributed by atoms with van der Waals surface area (Å²) in [6.07, 6.45) is 1.25. The van der Waals surface area contributed by atoms with Gasteiger partial charge in [-0.05, 0) is 42.0 Å². The predicted molar refractivity (Wildman–Crippen MR) is 120 cm³/mol. The summed E-state index contributed by atoms with van der Waals surface area (Å²) in [5.41, 5.74) is 4.39. The minimum Gasteiger partial charge on any atom is -0.307 e. The van der Waals surface area contributed by atoms with E-state index in [2.05, 4.69) is 15.0 Å². The second-order valence-electron chi connectivity index (χ2n) is 8.05. The van der Waals surface area contributed by atoms with Crippen molar-refractivity contribution in [3.8, 4) is 0 Å². The van der Waals surface area contributed by atoms with Gasteiger partial charge in [-0.1, -0.05) is 63.6 Å². The second kappa shape index (κ2) is 8.44. The molecule has 2 amide bonds. The average Bonchev–Trinajstić information content (AvgIpc) is 2.67. The Labute approximate surface area is 177 Å². The fraction of sp³-hybridized carbons (Fsp3) is 0.304. The van der Waals surface area contributed by atoms with Gasteiger partial charge in [0.15, 0.2) is 0 Å². The van der Waals surface area contributed by atoms with Gasteiger partial charge in [0.25, 0.3) is 10.0 Å². The van der Waals surface area contributed by atoms with Crippen molar-refractivity contribution in [3.63, 3.8) is 0 Å². The normalized spacial score (nSPS) is 11.8. The van der Waals surface area contributed by atoms with Gasteiger partial charge in [-0.25, -0.2) is 17.9 Å². The Balaban J connectivity index is 1.91. The molecule has 1 aromatic heterocycles. The summed E-state index contributed by atoms with van der Waals surface area (Å²) in [6.45, 7) is 10.2. The first-order valence-electron chi connectivity index (χ1n) is 9.91. The standard InChI is InChI=1S/C23H27N3O3S/c1-14(2)19-10-16(5)11-20(15(3)4)22(19)25-23(27)26-30(28,29)18-12-17-8-6-7-9-21(17)24-13-18/h6-15H,1-5H3,(H2,25,26,27). The van der Waals surface area contributed by atoms with Crippen LogP contribution in [-0.4, -0.2) is 19.4 Å². The molecule has 7 heteroatoms. The third-order valence-corrected chi connectivity index (χ3v) is 6.23. The molecule has 0 spiro atoms. The highest BCUT2D eigenvalue weighted by molar-refractivity contribution is 7.90. The lowest BCUT2D eigenvalue weighted by Gasteiger charge is -2.21. The molecule has 0 aliphatic rings. The van der Waals surface area contributed by atoms with Gasteiger partial charge in [-0.3, -0.25) is 4.98 Å². The molecule has 0 bridgehead atoms. The topological polar surface area (TPSA) is 88.2 Å². The molecule has 2 aromatic carbocycles. The number of anilines is 1. The van der Waals surface area contributed by atoms with Crippen molar-refractivity contribution in [2.75, 3.05) is 5.32 Å². The first kappa shape index (κ1) is 21.8. The molecule has 0 fully saturated rings. The summed E-state index contributed by atoms with van der Waals surface area (Å²) in [4.78, 5) is 16.8. The van der Waals surface area contributed by atoms with Crippen LogP contribution in [0, 0.1) is 6.92 Å². The highest BCUT2D eigenvalue weighted by Gasteiger charge is 2.22. The molecule has 0 saturated carbocycles. The number of sulfonamides is 1. The fourth-order valence-corrected chi connectivity index (χ4v) is 4.30. The summed E-state index contributed by atoms with van der Waals surface area (Å²) in [6, 6.07) is 12.0. The van der Waals surface area contributed by atoms with Crippen molar-refractivity contribution in [2.24, 2.45) is 0 Å². The average molecular weight is 426 g/mol. The number of rotatable bonds is 5.